The number of benzene rings is 2. The molecule has 0 heterocycles. The van der Waals surface area contributed by atoms with E-state index in [1.165, 1.54) is 0 Å². The molecule has 0 aliphatic heterocycles. The van der Waals surface area contributed by atoms with Gasteiger partial charge in [-0.15, -0.1) is 0 Å². The van der Waals surface area contributed by atoms with Crippen molar-refractivity contribution in [3.63, 3.8) is 0 Å². The van der Waals surface area contributed by atoms with E-state index in [1.807, 2.05) is 43.3 Å². The quantitative estimate of drug-likeness (QED) is 0.700. The number of carbonyl (C=O) groups excluding carboxylic acids is 1. The Hall–Kier alpha value is -1.08. The molecule has 1 N–H and O–H groups in total. The molecule has 5 heteroatoms. The third-order valence-electron chi connectivity index (χ3n) is 2.78. The topological polar surface area (TPSA) is 38.3 Å². The summed E-state index contributed by atoms with van der Waals surface area (Å²) in [7, 11) is 1.59. The highest BCUT2D eigenvalue weighted by Gasteiger charge is 2.13. The van der Waals surface area contributed by atoms with E-state index in [0.717, 1.165) is 13.6 Å². The maximum atomic E-state index is 12.3. The van der Waals surface area contributed by atoms with E-state index in [4.69, 9.17) is 4.74 Å². The fraction of sp³-hybridized carbons (Fsp3) is 0.133. The molecule has 0 fully saturated rings. The number of amides is 1. The number of carbonyl (C=O) groups is 1. The Morgan fingerprint density at radius 2 is 2.00 bits per heavy atom. The summed E-state index contributed by atoms with van der Waals surface area (Å²) in [5.74, 6) is 0.484. The van der Waals surface area contributed by atoms with E-state index in [0.29, 0.717) is 17.0 Å². The third-order valence-corrected chi connectivity index (χ3v) is 4.14. The molecule has 2 aromatic rings. The Morgan fingerprint density at radius 1 is 1.25 bits per heavy atom. The van der Waals surface area contributed by atoms with Gasteiger partial charge in [0.15, 0.2) is 0 Å². The van der Waals surface area contributed by atoms with E-state index in [2.05, 4.69) is 43.8 Å². The van der Waals surface area contributed by atoms with Gasteiger partial charge in [-0.3, -0.25) is 4.79 Å². The van der Waals surface area contributed by atoms with Crippen molar-refractivity contribution in [1.29, 1.82) is 0 Å². The zero-order chi connectivity index (χ0) is 14.7. The van der Waals surface area contributed by atoms with Crippen LogP contribution in [0, 0.1) is 10.5 Å². The van der Waals surface area contributed by atoms with Crippen LogP contribution >= 0.6 is 38.5 Å². The lowest BCUT2D eigenvalue weighted by Crippen LogP contribution is -2.13. The van der Waals surface area contributed by atoms with Crippen molar-refractivity contribution in [2.45, 2.75) is 6.92 Å². The normalized spacial score (nSPS) is 10.2. The summed E-state index contributed by atoms with van der Waals surface area (Å²) in [6.07, 6.45) is 0. The van der Waals surface area contributed by atoms with Gasteiger partial charge in [0.2, 0.25) is 0 Å². The largest absolute Gasteiger partial charge is 0.495 e. The van der Waals surface area contributed by atoms with Gasteiger partial charge in [-0.1, -0.05) is 6.07 Å². The minimum absolute atomic E-state index is 0.169. The lowest BCUT2D eigenvalue weighted by molar-refractivity contribution is 0.102. The van der Waals surface area contributed by atoms with Gasteiger partial charge in [-0.25, -0.2) is 0 Å². The molecule has 0 aliphatic carbocycles. The summed E-state index contributed by atoms with van der Waals surface area (Å²) < 4.78 is 7.06. The first-order chi connectivity index (χ1) is 9.51. The van der Waals surface area contributed by atoms with Crippen molar-refractivity contribution < 1.29 is 9.53 Å². The number of hydrogen-bond donors (Lipinski definition) is 1. The monoisotopic (exact) mass is 445 g/mol. The number of hydrogen-bond acceptors (Lipinski definition) is 2. The van der Waals surface area contributed by atoms with E-state index in [1.54, 1.807) is 7.11 Å². The van der Waals surface area contributed by atoms with Gasteiger partial charge < -0.3 is 10.1 Å². The van der Waals surface area contributed by atoms with Crippen LogP contribution in [0.3, 0.4) is 0 Å². The molecule has 3 nitrogen and oxygen atoms in total. The summed E-state index contributed by atoms with van der Waals surface area (Å²) >= 11 is 5.58. The van der Waals surface area contributed by atoms with Gasteiger partial charge in [-0.2, -0.15) is 0 Å². The van der Waals surface area contributed by atoms with Crippen LogP contribution in [0.1, 0.15) is 15.9 Å². The maximum Gasteiger partial charge on any atom is 0.256 e. The van der Waals surface area contributed by atoms with Crippen molar-refractivity contribution >= 4 is 50.1 Å². The van der Waals surface area contributed by atoms with Gasteiger partial charge in [0, 0.05) is 8.04 Å². The number of nitrogens with one attached hydrogen (secondary N) is 1. The van der Waals surface area contributed by atoms with Crippen LogP contribution in [-0.4, -0.2) is 13.0 Å². The molecule has 20 heavy (non-hydrogen) atoms. The van der Waals surface area contributed by atoms with Crippen LogP contribution in [0.4, 0.5) is 5.69 Å². The molecule has 0 atom stereocenters. The van der Waals surface area contributed by atoms with Crippen LogP contribution in [0.25, 0.3) is 0 Å². The molecular formula is C15H13BrINO2. The SMILES string of the molecule is COc1cc(C)ccc1NC(=O)c1cc(I)ccc1Br. The molecule has 2 aromatic carbocycles. The molecule has 0 radical (unpaired) electrons. The number of halogens is 2. The highest BCUT2D eigenvalue weighted by Crippen LogP contribution is 2.27. The van der Waals surface area contributed by atoms with E-state index < -0.39 is 0 Å². The van der Waals surface area contributed by atoms with E-state index in [9.17, 15) is 4.79 Å². The molecule has 0 unspecified atom stereocenters. The lowest BCUT2D eigenvalue weighted by Gasteiger charge is -2.12. The number of methoxy groups -OCH3 is 1. The Balaban J connectivity index is 2.30. The van der Waals surface area contributed by atoms with Crippen molar-refractivity contribution in [2.75, 3.05) is 12.4 Å². The highest BCUT2D eigenvalue weighted by atomic mass is 127. The molecule has 0 bridgehead atoms. The van der Waals surface area contributed by atoms with E-state index >= 15 is 0 Å². The molecule has 1 amide bonds. The lowest BCUT2D eigenvalue weighted by atomic mass is 10.2. The zero-order valence-corrected chi connectivity index (χ0v) is 14.8. The predicted molar refractivity (Wildman–Crippen MR) is 92.5 cm³/mol. The number of aryl methyl sites for hydroxylation is 1. The van der Waals surface area contributed by atoms with E-state index in [-0.39, 0.29) is 5.91 Å². The summed E-state index contributed by atoms with van der Waals surface area (Å²) in [5, 5.41) is 2.88. The Bertz CT molecular complexity index is 658. The first-order valence-corrected chi connectivity index (χ1v) is 7.79. The van der Waals surface area contributed by atoms with Crippen molar-refractivity contribution in [3.8, 4) is 5.75 Å². The Kier molecular flexibility index (Phi) is 5.04. The molecule has 0 aromatic heterocycles. The van der Waals surface area contributed by atoms with Gasteiger partial charge in [0.05, 0.1) is 18.4 Å². The predicted octanol–water partition coefficient (Wildman–Crippen LogP) is 4.62. The van der Waals surface area contributed by atoms with Crippen LogP contribution < -0.4 is 10.1 Å². The molecule has 2 rings (SSSR count). The van der Waals surface area contributed by atoms with Crippen LogP contribution in [0.15, 0.2) is 40.9 Å². The molecule has 0 aliphatic rings. The van der Waals surface area contributed by atoms with Gasteiger partial charge in [0.1, 0.15) is 5.75 Å². The van der Waals surface area contributed by atoms with Crippen LogP contribution in [0.5, 0.6) is 5.75 Å². The smallest absolute Gasteiger partial charge is 0.256 e. The molecular weight excluding hydrogens is 433 g/mol. The number of rotatable bonds is 3. The van der Waals surface area contributed by atoms with Gasteiger partial charge in [-0.05, 0) is 81.3 Å². The number of anilines is 1. The Labute approximate surface area is 140 Å². The second kappa shape index (κ2) is 6.58. The standard InChI is InChI=1S/C15H13BrINO2/c1-9-3-6-13(14(7-9)20-2)18-15(19)11-8-10(17)4-5-12(11)16/h3-8H,1-2H3,(H,18,19). The minimum atomic E-state index is -0.169. The fourth-order valence-corrected chi connectivity index (χ4v) is 2.68. The molecule has 0 saturated heterocycles. The van der Waals surface area contributed by atoms with Crippen molar-refractivity contribution in [3.05, 3.63) is 55.6 Å². The second-order valence-corrected chi connectivity index (χ2v) is 6.38. The summed E-state index contributed by atoms with van der Waals surface area (Å²) in [5.41, 5.74) is 2.34. The summed E-state index contributed by atoms with van der Waals surface area (Å²) in [6, 6.07) is 11.3. The minimum Gasteiger partial charge on any atom is -0.495 e. The maximum absolute atomic E-state index is 12.3. The second-order valence-electron chi connectivity index (χ2n) is 4.28. The fourth-order valence-electron chi connectivity index (χ4n) is 1.76. The third kappa shape index (κ3) is 3.52. The van der Waals surface area contributed by atoms with Gasteiger partial charge >= 0.3 is 0 Å². The molecule has 0 saturated carbocycles. The van der Waals surface area contributed by atoms with Crippen LogP contribution in [-0.2, 0) is 0 Å². The van der Waals surface area contributed by atoms with Crippen LogP contribution in [0.2, 0.25) is 0 Å². The first-order valence-electron chi connectivity index (χ1n) is 5.92. The average molecular weight is 446 g/mol. The Morgan fingerprint density at radius 3 is 2.70 bits per heavy atom. The zero-order valence-electron chi connectivity index (χ0n) is 11.0. The first kappa shape index (κ1) is 15.3. The molecule has 0 spiro atoms. The van der Waals surface area contributed by atoms with Gasteiger partial charge in [0.25, 0.3) is 5.91 Å². The summed E-state index contributed by atoms with van der Waals surface area (Å²) in [4.78, 5) is 12.3. The summed E-state index contributed by atoms with van der Waals surface area (Å²) in [6.45, 7) is 1.98. The highest BCUT2D eigenvalue weighted by molar-refractivity contribution is 14.1. The molecule has 104 valence electrons. The van der Waals surface area contributed by atoms with Crippen molar-refractivity contribution in [2.24, 2.45) is 0 Å². The number of ether oxygens (including phenoxy) is 1. The van der Waals surface area contributed by atoms with Crippen molar-refractivity contribution in [1.82, 2.24) is 0 Å². The average Bonchev–Trinajstić information content (AvgIpc) is 2.43.